The lowest BCUT2D eigenvalue weighted by atomic mass is 9.80. The van der Waals surface area contributed by atoms with Gasteiger partial charge in [-0.3, -0.25) is 0 Å². The molecule has 20 heavy (non-hydrogen) atoms. The summed E-state index contributed by atoms with van der Waals surface area (Å²) in [6.07, 6.45) is 0. The normalized spacial score (nSPS) is 28.2. The van der Waals surface area contributed by atoms with Crippen LogP contribution in [0, 0.1) is 17.2 Å². The Morgan fingerprint density at radius 3 is 3.00 bits per heavy atom. The summed E-state index contributed by atoms with van der Waals surface area (Å²) in [5, 5.41) is 0. The van der Waals surface area contributed by atoms with Gasteiger partial charge in [0.1, 0.15) is 5.52 Å². The molecule has 2 fully saturated rings. The maximum atomic E-state index is 13.7. The zero-order valence-electron chi connectivity index (χ0n) is 11.6. The molecule has 1 aromatic heterocycles. The molecule has 2 saturated heterocycles. The van der Waals surface area contributed by atoms with Crippen LogP contribution in [-0.2, 0) is 4.74 Å². The molecule has 3 heterocycles. The van der Waals surface area contributed by atoms with E-state index < -0.39 is 0 Å². The second kappa shape index (κ2) is 3.95. The molecule has 2 aromatic rings. The molecule has 5 heteroatoms. The Labute approximate surface area is 116 Å². The molecular formula is C15H17FN2O2. The fourth-order valence-electron chi connectivity index (χ4n) is 3.51. The number of fused-ring (bicyclic) bond motifs is 2. The molecule has 4 rings (SSSR count). The highest BCUT2D eigenvalue weighted by atomic mass is 19.1. The Kier molecular flexibility index (Phi) is 2.40. The quantitative estimate of drug-likeness (QED) is 0.803. The van der Waals surface area contributed by atoms with Crippen LogP contribution < -0.4 is 4.90 Å². The van der Waals surface area contributed by atoms with E-state index in [0.29, 0.717) is 29.6 Å². The number of para-hydroxylation sites is 1. The Balaban J connectivity index is 1.78. The van der Waals surface area contributed by atoms with Gasteiger partial charge in [0, 0.05) is 12.5 Å². The van der Waals surface area contributed by atoms with E-state index in [1.807, 2.05) is 0 Å². The molecule has 0 saturated carbocycles. The lowest BCUT2D eigenvalue weighted by Crippen LogP contribution is -2.32. The molecule has 4 nitrogen and oxygen atoms in total. The molecule has 2 aliphatic heterocycles. The Hall–Kier alpha value is -1.62. The standard InChI is InChI=1S/C15H17FN2O2/c1-15(2)8-18(11-7-19-6-9(11)15)14-17-13-10(16)4-3-5-12(13)20-14/h3-5,9,11H,6-8H2,1-2H3/t9-,11+/m0/s1. The van der Waals surface area contributed by atoms with Crippen molar-refractivity contribution in [2.24, 2.45) is 11.3 Å². The molecule has 1 aromatic carbocycles. The first-order valence-corrected chi connectivity index (χ1v) is 6.96. The number of hydrogen-bond acceptors (Lipinski definition) is 4. The topological polar surface area (TPSA) is 38.5 Å². The van der Waals surface area contributed by atoms with Gasteiger partial charge in [0.05, 0.1) is 19.3 Å². The van der Waals surface area contributed by atoms with Crippen molar-refractivity contribution in [3.8, 4) is 0 Å². The molecular weight excluding hydrogens is 259 g/mol. The van der Waals surface area contributed by atoms with Crippen molar-refractivity contribution in [2.75, 3.05) is 24.7 Å². The predicted molar refractivity (Wildman–Crippen MR) is 73.2 cm³/mol. The van der Waals surface area contributed by atoms with Crippen molar-refractivity contribution in [3.05, 3.63) is 24.0 Å². The monoisotopic (exact) mass is 276 g/mol. The summed E-state index contributed by atoms with van der Waals surface area (Å²) in [6, 6.07) is 5.59. The summed E-state index contributed by atoms with van der Waals surface area (Å²) in [5.74, 6) is 0.137. The largest absolute Gasteiger partial charge is 0.423 e. The van der Waals surface area contributed by atoms with E-state index in [2.05, 4.69) is 23.7 Å². The number of benzene rings is 1. The van der Waals surface area contributed by atoms with E-state index in [9.17, 15) is 4.39 Å². The summed E-state index contributed by atoms with van der Waals surface area (Å²) in [6.45, 7) is 6.81. The SMILES string of the molecule is CC1(C)CN(c2nc3c(F)cccc3o2)[C@@H]2COC[C@@H]21. The highest BCUT2D eigenvalue weighted by Crippen LogP contribution is 2.45. The van der Waals surface area contributed by atoms with Gasteiger partial charge in [0.2, 0.25) is 0 Å². The Morgan fingerprint density at radius 2 is 2.20 bits per heavy atom. The fourth-order valence-corrected chi connectivity index (χ4v) is 3.51. The molecule has 0 unspecified atom stereocenters. The first-order valence-electron chi connectivity index (χ1n) is 6.96. The van der Waals surface area contributed by atoms with Crippen LogP contribution in [0.4, 0.5) is 10.4 Å². The molecule has 0 N–H and O–H groups in total. The second-order valence-corrected chi connectivity index (χ2v) is 6.41. The molecule has 0 bridgehead atoms. The van der Waals surface area contributed by atoms with Crippen molar-refractivity contribution < 1.29 is 13.5 Å². The fraction of sp³-hybridized carbons (Fsp3) is 0.533. The van der Waals surface area contributed by atoms with Crippen LogP contribution in [0.1, 0.15) is 13.8 Å². The molecule has 0 aliphatic carbocycles. The van der Waals surface area contributed by atoms with E-state index in [1.54, 1.807) is 12.1 Å². The van der Waals surface area contributed by atoms with Crippen LogP contribution in [0.15, 0.2) is 22.6 Å². The number of hydrogen-bond donors (Lipinski definition) is 0. The second-order valence-electron chi connectivity index (χ2n) is 6.41. The highest BCUT2D eigenvalue weighted by molar-refractivity contribution is 5.75. The van der Waals surface area contributed by atoms with Crippen LogP contribution >= 0.6 is 0 Å². The van der Waals surface area contributed by atoms with Gasteiger partial charge in [0.15, 0.2) is 11.4 Å². The molecule has 106 valence electrons. The van der Waals surface area contributed by atoms with Gasteiger partial charge in [-0.1, -0.05) is 19.9 Å². The van der Waals surface area contributed by atoms with Gasteiger partial charge in [-0.25, -0.2) is 4.39 Å². The zero-order valence-corrected chi connectivity index (χ0v) is 11.6. The van der Waals surface area contributed by atoms with Crippen molar-refractivity contribution in [1.29, 1.82) is 0 Å². The number of nitrogens with zero attached hydrogens (tertiary/aromatic N) is 2. The number of halogens is 1. The smallest absolute Gasteiger partial charge is 0.298 e. The van der Waals surface area contributed by atoms with E-state index in [0.717, 1.165) is 13.2 Å². The molecule has 0 amide bonds. The van der Waals surface area contributed by atoms with E-state index in [-0.39, 0.29) is 17.3 Å². The Bertz CT molecular complexity index is 667. The van der Waals surface area contributed by atoms with Gasteiger partial charge >= 0.3 is 0 Å². The summed E-state index contributed by atoms with van der Waals surface area (Å²) in [4.78, 5) is 6.48. The molecule has 0 spiro atoms. The number of ether oxygens (including phenoxy) is 1. The summed E-state index contributed by atoms with van der Waals surface area (Å²) >= 11 is 0. The van der Waals surface area contributed by atoms with Crippen LogP contribution in [0.5, 0.6) is 0 Å². The Morgan fingerprint density at radius 1 is 1.35 bits per heavy atom. The third kappa shape index (κ3) is 1.59. The van der Waals surface area contributed by atoms with Crippen LogP contribution in [0.3, 0.4) is 0 Å². The lowest BCUT2D eigenvalue weighted by Gasteiger charge is -2.22. The minimum absolute atomic E-state index is 0.153. The van der Waals surface area contributed by atoms with Crippen molar-refractivity contribution in [3.63, 3.8) is 0 Å². The van der Waals surface area contributed by atoms with Crippen LogP contribution in [-0.4, -0.2) is 30.8 Å². The zero-order chi connectivity index (χ0) is 13.9. The molecule has 2 atom stereocenters. The van der Waals surface area contributed by atoms with Crippen LogP contribution in [0.2, 0.25) is 0 Å². The first-order chi connectivity index (χ1) is 9.56. The number of oxazole rings is 1. The maximum Gasteiger partial charge on any atom is 0.298 e. The van der Waals surface area contributed by atoms with Gasteiger partial charge in [-0.05, 0) is 17.5 Å². The van der Waals surface area contributed by atoms with Gasteiger partial charge in [0.25, 0.3) is 6.01 Å². The van der Waals surface area contributed by atoms with Gasteiger partial charge in [-0.2, -0.15) is 4.98 Å². The van der Waals surface area contributed by atoms with Gasteiger partial charge < -0.3 is 14.1 Å². The summed E-state index contributed by atoms with van der Waals surface area (Å²) in [7, 11) is 0. The maximum absolute atomic E-state index is 13.7. The van der Waals surface area contributed by atoms with Gasteiger partial charge in [-0.15, -0.1) is 0 Å². The highest BCUT2D eigenvalue weighted by Gasteiger charge is 2.51. The van der Waals surface area contributed by atoms with Crippen molar-refractivity contribution in [1.82, 2.24) is 4.98 Å². The predicted octanol–water partition coefficient (Wildman–Crippen LogP) is 2.83. The minimum Gasteiger partial charge on any atom is -0.423 e. The average Bonchev–Trinajstić information content (AvgIpc) is 3.07. The average molecular weight is 276 g/mol. The molecule has 2 aliphatic rings. The van der Waals surface area contributed by atoms with E-state index in [1.165, 1.54) is 6.07 Å². The van der Waals surface area contributed by atoms with Crippen LogP contribution in [0.25, 0.3) is 11.1 Å². The summed E-state index contributed by atoms with van der Waals surface area (Å²) < 4.78 is 25.1. The minimum atomic E-state index is -0.338. The molecule has 0 radical (unpaired) electrons. The number of rotatable bonds is 1. The third-order valence-electron chi connectivity index (χ3n) is 4.64. The van der Waals surface area contributed by atoms with Crippen molar-refractivity contribution >= 4 is 17.1 Å². The third-order valence-corrected chi connectivity index (χ3v) is 4.64. The number of aromatic nitrogens is 1. The van der Waals surface area contributed by atoms with Crippen molar-refractivity contribution in [2.45, 2.75) is 19.9 Å². The van der Waals surface area contributed by atoms with E-state index in [4.69, 9.17) is 9.15 Å². The van der Waals surface area contributed by atoms with E-state index >= 15 is 0 Å². The lowest BCUT2D eigenvalue weighted by molar-refractivity contribution is 0.149. The number of anilines is 1. The summed E-state index contributed by atoms with van der Waals surface area (Å²) in [5.41, 5.74) is 0.961. The first kappa shape index (κ1) is 12.1.